The molecule has 7 heteroatoms. The zero-order chi connectivity index (χ0) is 12.3. The van der Waals surface area contributed by atoms with Gasteiger partial charge in [0.25, 0.3) is 10.0 Å². The smallest absolute Gasteiger partial charge is 0.232 e. The summed E-state index contributed by atoms with van der Waals surface area (Å²) in [5, 5.41) is 0. The van der Waals surface area contributed by atoms with E-state index in [1.165, 1.54) is 19.0 Å². The predicted molar refractivity (Wildman–Crippen MR) is 68.9 cm³/mol. The van der Waals surface area contributed by atoms with Gasteiger partial charge in [0.05, 0.1) is 6.20 Å². The third-order valence-electron chi connectivity index (χ3n) is 2.90. The minimum absolute atomic E-state index is 0.0587. The van der Waals surface area contributed by atoms with Crippen LogP contribution >= 0.6 is 22.9 Å². The summed E-state index contributed by atoms with van der Waals surface area (Å²) in [5.74, 6) is 0. The van der Waals surface area contributed by atoms with Crippen LogP contribution in [0.25, 0.3) is 0 Å². The number of thiazole rings is 1. The van der Waals surface area contributed by atoms with Crippen molar-refractivity contribution in [3.05, 3.63) is 10.7 Å². The van der Waals surface area contributed by atoms with Gasteiger partial charge in [0.15, 0.2) is 8.68 Å². The Labute approximate surface area is 110 Å². The normalized spacial score (nSPS) is 19.1. The average Bonchev–Trinajstić information content (AvgIpc) is 2.55. The van der Waals surface area contributed by atoms with Crippen LogP contribution in [-0.4, -0.2) is 19.4 Å². The fourth-order valence-corrected chi connectivity index (χ4v) is 4.65. The van der Waals surface area contributed by atoms with Crippen molar-refractivity contribution in [2.75, 3.05) is 0 Å². The molecule has 1 N–H and O–H groups in total. The number of hydrogen-bond acceptors (Lipinski definition) is 4. The zero-order valence-corrected chi connectivity index (χ0v) is 11.7. The Morgan fingerprint density at radius 2 is 1.94 bits per heavy atom. The summed E-state index contributed by atoms with van der Waals surface area (Å²) < 4.78 is 27.3. The summed E-state index contributed by atoms with van der Waals surface area (Å²) in [6, 6.07) is 0.0587. The van der Waals surface area contributed by atoms with Crippen molar-refractivity contribution in [3.8, 4) is 0 Å². The van der Waals surface area contributed by atoms with E-state index in [1.807, 2.05) is 0 Å². The van der Waals surface area contributed by atoms with Gasteiger partial charge in [0.2, 0.25) is 0 Å². The number of nitrogens with one attached hydrogen (secondary N) is 1. The van der Waals surface area contributed by atoms with E-state index < -0.39 is 10.0 Å². The van der Waals surface area contributed by atoms with Crippen LogP contribution in [0.1, 0.15) is 38.5 Å². The molecule has 0 radical (unpaired) electrons. The fraction of sp³-hybridized carbons (Fsp3) is 0.700. The van der Waals surface area contributed by atoms with E-state index in [1.54, 1.807) is 0 Å². The molecule has 0 aliphatic heterocycles. The number of rotatable bonds is 3. The van der Waals surface area contributed by atoms with Gasteiger partial charge < -0.3 is 0 Å². The van der Waals surface area contributed by atoms with Crippen molar-refractivity contribution in [3.63, 3.8) is 0 Å². The largest absolute Gasteiger partial charge is 0.251 e. The van der Waals surface area contributed by atoms with Crippen molar-refractivity contribution in [2.24, 2.45) is 0 Å². The van der Waals surface area contributed by atoms with Gasteiger partial charge in [-0.25, -0.2) is 18.1 Å². The molecule has 1 saturated carbocycles. The van der Waals surface area contributed by atoms with Crippen LogP contribution in [0.15, 0.2) is 10.4 Å². The van der Waals surface area contributed by atoms with Crippen molar-refractivity contribution >= 4 is 33.0 Å². The van der Waals surface area contributed by atoms with Gasteiger partial charge in [0.1, 0.15) is 0 Å². The molecule has 1 aromatic heterocycles. The van der Waals surface area contributed by atoms with E-state index in [-0.39, 0.29) is 14.7 Å². The maximum Gasteiger partial charge on any atom is 0.251 e. The second-order valence-electron chi connectivity index (χ2n) is 4.24. The molecule has 0 aromatic carbocycles. The van der Waals surface area contributed by atoms with Crippen LogP contribution in [-0.2, 0) is 10.0 Å². The molecule has 4 nitrogen and oxygen atoms in total. The molecule has 96 valence electrons. The van der Waals surface area contributed by atoms with Crippen molar-refractivity contribution in [1.29, 1.82) is 0 Å². The number of hydrogen-bond donors (Lipinski definition) is 1. The Kier molecular flexibility index (Phi) is 4.41. The number of sulfonamides is 1. The molecule has 0 atom stereocenters. The Morgan fingerprint density at radius 3 is 2.47 bits per heavy atom. The first-order chi connectivity index (χ1) is 8.08. The molecule has 1 heterocycles. The first-order valence-corrected chi connectivity index (χ1v) is 8.39. The molecular weight excluding hydrogens is 280 g/mol. The summed E-state index contributed by atoms with van der Waals surface area (Å²) in [6.07, 6.45) is 7.74. The molecule has 0 spiro atoms. The minimum atomic E-state index is -3.43. The van der Waals surface area contributed by atoms with Crippen molar-refractivity contribution in [2.45, 2.75) is 48.8 Å². The molecule has 0 bridgehead atoms. The molecule has 1 aliphatic carbocycles. The number of aromatic nitrogens is 1. The van der Waals surface area contributed by atoms with Gasteiger partial charge in [0, 0.05) is 6.04 Å². The lowest BCUT2D eigenvalue weighted by atomic mass is 10.1. The lowest BCUT2D eigenvalue weighted by molar-refractivity contribution is 0.511. The van der Waals surface area contributed by atoms with Crippen molar-refractivity contribution in [1.82, 2.24) is 9.71 Å². The molecule has 0 unspecified atom stereocenters. The van der Waals surface area contributed by atoms with Crippen LogP contribution in [0.2, 0.25) is 4.47 Å². The Bertz CT molecular complexity index is 464. The third-order valence-corrected chi connectivity index (χ3v) is 5.99. The summed E-state index contributed by atoms with van der Waals surface area (Å²) in [5.41, 5.74) is 0. The van der Waals surface area contributed by atoms with Gasteiger partial charge >= 0.3 is 0 Å². The van der Waals surface area contributed by atoms with Gasteiger partial charge in [-0.15, -0.1) is 0 Å². The van der Waals surface area contributed by atoms with E-state index in [0.717, 1.165) is 37.0 Å². The lowest BCUT2D eigenvalue weighted by Crippen LogP contribution is -2.33. The van der Waals surface area contributed by atoms with Gasteiger partial charge in [-0.1, -0.05) is 48.6 Å². The second-order valence-corrected chi connectivity index (χ2v) is 7.80. The van der Waals surface area contributed by atoms with Crippen LogP contribution in [0.3, 0.4) is 0 Å². The van der Waals surface area contributed by atoms with Crippen LogP contribution in [0.5, 0.6) is 0 Å². The molecule has 0 amide bonds. The van der Waals surface area contributed by atoms with E-state index in [0.29, 0.717) is 0 Å². The topological polar surface area (TPSA) is 59.1 Å². The predicted octanol–water partition coefficient (Wildman–Crippen LogP) is 2.80. The third kappa shape index (κ3) is 3.64. The summed E-state index contributed by atoms with van der Waals surface area (Å²) in [7, 11) is -3.43. The SMILES string of the molecule is O=S(=O)(NC1CCCCCC1)c1cnc(Cl)s1. The second kappa shape index (κ2) is 5.65. The fourth-order valence-electron chi connectivity index (χ4n) is 2.04. The maximum atomic E-state index is 12.0. The monoisotopic (exact) mass is 294 g/mol. The van der Waals surface area contributed by atoms with E-state index >= 15 is 0 Å². The Hall–Kier alpha value is -0.170. The highest BCUT2D eigenvalue weighted by atomic mass is 35.5. The minimum Gasteiger partial charge on any atom is -0.232 e. The lowest BCUT2D eigenvalue weighted by Gasteiger charge is -2.15. The molecule has 1 aliphatic rings. The summed E-state index contributed by atoms with van der Waals surface area (Å²) >= 11 is 6.64. The first-order valence-electron chi connectivity index (χ1n) is 5.71. The number of nitrogens with zero attached hydrogens (tertiary/aromatic N) is 1. The number of halogens is 1. The van der Waals surface area contributed by atoms with E-state index in [2.05, 4.69) is 9.71 Å². The summed E-state index contributed by atoms with van der Waals surface area (Å²) in [6.45, 7) is 0. The Balaban J connectivity index is 2.06. The molecule has 1 aromatic rings. The molecule has 2 rings (SSSR count). The highest BCUT2D eigenvalue weighted by Crippen LogP contribution is 2.24. The van der Waals surface area contributed by atoms with Crippen LogP contribution < -0.4 is 4.72 Å². The first kappa shape index (κ1) is 13.3. The highest BCUT2D eigenvalue weighted by Gasteiger charge is 2.22. The zero-order valence-electron chi connectivity index (χ0n) is 9.36. The van der Waals surface area contributed by atoms with E-state index in [4.69, 9.17) is 11.6 Å². The Morgan fingerprint density at radius 1 is 1.29 bits per heavy atom. The summed E-state index contributed by atoms with van der Waals surface area (Å²) in [4.78, 5) is 3.76. The van der Waals surface area contributed by atoms with Gasteiger partial charge in [-0.3, -0.25) is 0 Å². The van der Waals surface area contributed by atoms with Gasteiger partial charge in [-0.05, 0) is 12.8 Å². The maximum absolute atomic E-state index is 12.0. The van der Waals surface area contributed by atoms with Crippen LogP contribution in [0, 0.1) is 0 Å². The molecule has 0 saturated heterocycles. The van der Waals surface area contributed by atoms with E-state index in [9.17, 15) is 8.42 Å². The molecular formula is C10H15ClN2O2S2. The quantitative estimate of drug-likeness (QED) is 0.872. The van der Waals surface area contributed by atoms with Gasteiger partial charge in [-0.2, -0.15) is 0 Å². The molecule has 1 fully saturated rings. The molecule has 17 heavy (non-hydrogen) atoms. The average molecular weight is 295 g/mol. The van der Waals surface area contributed by atoms with Crippen molar-refractivity contribution < 1.29 is 8.42 Å². The standard InChI is InChI=1S/C10H15ClN2O2S2/c11-10-12-7-9(16-10)17(14,15)13-8-5-3-1-2-4-6-8/h7-8,13H,1-6H2. The highest BCUT2D eigenvalue weighted by molar-refractivity contribution is 7.91. The van der Waals surface area contributed by atoms with Crippen LogP contribution in [0.4, 0.5) is 0 Å².